The highest BCUT2D eigenvalue weighted by Gasteiger charge is 2.18. The number of aromatic nitrogens is 2. The molecule has 0 atom stereocenters. The lowest BCUT2D eigenvalue weighted by Crippen LogP contribution is -2.21. The molecule has 0 bridgehead atoms. The second-order valence-electron chi connectivity index (χ2n) is 5.27. The van der Waals surface area contributed by atoms with E-state index in [0.29, 0.717) is 11.8 Å². The smallest absolute Gasteiger partial charge is 0.111 e. The van der Waals surface area contributed by atoms with E-state index in [2.05, 4.69) is 4.57 Å². The Hall–Kier alpha value is -0.770. The molecule has 1 fully saturated rings. The van der Waals surface area contributed by atoms with Crippen LogP contribution in [0.1, 0.15) is 18.7 Å². The van der Waals surface area contributed by atoms with Crippen LogP contribution in [0.4, 0.5) is 0 Å². The Kier molecular flexibility index (Phi) is 4.49. The van der Waals surface area contributed by atoms with Crippen LogP contribution in [0.25, 0.3) is 11.0 Å². The maximum Gasteiger partial charge on any atom is 0.111 e. The Bertz CT molecular complexity index is 591. The number of nitrogens with zero attached hydrogens (tertiary/aromatic N) is 2. The Labute approximate surface area is 128 Å². The highest BCUT2D eigenvalue weighted by Crippen LogP contribution is 2.25. The molecule has 0 aliphatic carbocycles. The lowest BCUT2D eigenvalue weighted by atomic mass is 10.0. The molecule has 0 N–H and O–H groups in total. The fourth-order valence-electron chi connectivity index (χ4n) is 2.81. The van der Waals surface area contributed by atoms with Crippen molar-refractivity contribution in [3.63, 3.8) is 0 Å². The summed E-state index contributed by atoms with van der Waals surface area (Å²) in [5.41, 5.74) is 2.12. The number of benzene rings is 1. The lowest BCUT2D eigenvalue weighted by molar-refractivity contribution is 0.0613. The van der Waals surface area contributed by atoms with Crippen LogP contribution in [0.3, 0.4) is 0 Å². The van der Waals surface area contributed by atoms with E-state index >= 15 is 0 Å². The van der Waals surface area contributed by atoms with Crippen LogP contribution >= 0.6 is 23.2 Å². The number of halogens is 2. The van der Waals surface area contributed by atoms with Gasteiger partial charge in [-0.1, -0.05) is 11.6 Å². The number of hydrogen-bond donors (Lipinski definition) is 0. The van der Waals surface area contributed by atoms with Gasteiger partial charge in [-0.3, -0.25) is 0 Å². The highest BCUT2D eigenvalue weighted by atomic mass is 35.5. The van der Waals surface area contributed by atoms with Crippen molar-refractivity contribution in [1.29, 1.82) is 0 Å². The molecule has 0 radical (unpaired) electrons. The quantitative estimate of drug-likeness (QED) is 0.801. The molecule has 1 aliphatic rings. The van der Waals surface area contributed by atoms with Gasteiger partial charge in [0.25, 0.3) is 0 Å². The molecule has 0 unspecified atom stereocenters. The molecule has 1 aliphatic heterocycles. The van der Waals surface area contributed by atoms with Gasteiger partial charge in [-0.15, -0.1) is 11.6 Å². The van der Waals surface area contributed by atoms with Gasteiger partial charge in [-0.25, -0.2) is 4.98 Å². The third-order valence-electron chi connectivity index (χ3n) is 3.89. The minimum atomic E-state index is 0.588. The van der Waals surface area contributed by atoms with Gasteiger partial charge in [-0.2, -0.15) is 0 Å². The van der Waals surface area contributed by atoms with E-state index in [0.717, 1.165) is 60.9 Å². The summed E-state index contributed by atoms with van der Waals surface area (Å²) in [6.07, 6.45) is 3.01. The van der Waals surface area contributed by atoms with Crippen LogP contribution in [-0.2, 0) is 17.7 Å². The van der Waals surface area contributed by atoms with Crippen LogP contribution in [0, 0.1) is 5.92 Å². The average molecular weight is 313 g/mol. The van der Waals surface area contributed by atoms with Crippen LogP contribution in [0.5, 0.6) is 0 Å². The van der Waals surface area contributed by atoms with E-state index in [4.69, 9.17) is 32.9 Å². The molecule has 5 heteroatoms. The molecule has 20 heavy (non-hydrogen) atoms. The molecule has 1 aromatic carbocycles. The summed E-state index contributed by atoms with van der Waals surface area (Å²) < 4.78 is 7.73. The first kappa shape index (κ1) is 14.2. The Morgan fingerprint density at radius 1 is 1.30 bits per heavy atom. The van der Waals surface area contributed by atoms with Crippen molar-refractivity contribution >= 4 is 34.2 Å². The Morgan fingerprint density at radius 3 is 2.85 bits per heavy atom. The van der Waals surface area contributed by atoms with Crippen molar-refractivity contribution in [3.05, 3.63) is 29.0 Å². The normalized spacial score (nSPS) is 16.9. The van der Waals surface area contributed by atoms with Crippen molar-refractivity contribution in [2.45, 2.75) is 25.8 Å². The first-order valence-electron chi connectivity index (χ1n) is 7.06. The summed E-state index contributed by atoms with van der Waals surface area (Å²) in [6, 6.07) is 5.87. The van der Waals surface area contributed by atoms with Gasteiger partial charge in [0, 0.05) is 37.1 Å². The molecular weight excluding hydrogens is 295 g/mol. The number of imidazole rings is 1. The maximum atomic E-state index is 6.13. The molecule has 3 nitrogen and oxygen atoms in total. The highest BCUT2D eigenvalue weighted by molar-refractivity contribution is 6.31. The van der Waals surface area contributed by atoms with E-state index in [1.807, 2.05) is 18.2 Å². The van der Waals surface area contributed by atoms with Crippen molar-refractivity contribution in [2.24, 2.45) is 5.92 Å². The lowest BCUT2D eigenvalue weighted by Gasteiger charge is -2.23. The number of fused-ring (bicyclic) bond motifs is 1. The summed E-state index contributed by atoms with van der Waals surface area (Å²) in [4.78, 5) is 4.70. The first-order valence-corrected chi connectivity index (χ1v) is 7.97. The monoisotopic (exact) mass is 312 g/mol. The molecule has 2 heterocycles. The number of alkyl halides is 1. The summed E-state index contributed by atoms with van der Waals surface area (Å²) in [5, 5.41) is 0.753. The van der Waals surface area contributed by atoms with Crippen LogP contribution < -0.4 is 0 Å². The van der Waals surface area contributed by atoms with Gasteiger partial charge in [0.05, 0.1) is 11.0 Å². The SMILES string of the molecule is ClCCc1nc2ccc(Cl)cc2n1CC1CCOCC1. The first-order chi connectivity index (χ1) is 9.78. The van der Waals surface area contributed by atoms with E-state index in [1.165, 1.54) is 0 Å². The predicted molar refractivity (Wildman–Crippen MR) is 82.7 cm³/mol. The van der Waals surface area contributed by atoms with Crippen LogP contribution in [0.2, 0.25) is 5.02 Å². The second-order valence-corrected chi connectivity index (χ2v) is 6.08. The van der Waals surface area contributed by atoms with E-state index in [9.17, 15) is 0 Å². The molecule has 3 rings (SSSR count). The van der Waals surface area contributed by atoms with Crippen molar-refractivity contribution in [2.75, 3.05) is 19.1 Å². The zero-order valence-electron chi connectivity index (χ0n) is 11.3. The number of rotatable bonds is 4. The molecule has 0 amide bonds. The molecule has 1 aromatic heterocycles. The topological polar surface area (TPSA) is 27.1 Å². The fourth-order valence-corrected chi connectivity index (χ4v) is 3.15. The molecule has 0 spiro atoms. The van der Waals surface area contributed by atoms with Crippen molar-refractivity contribution in [1.82, 2.24) is 9.55 Å². The van der Waals surface area contributed by atoms with Crippen LogP contribution in [-0.4, -0.2) is 28.6 Å². The van der Waals surface area contributed by atoms with Gasteiger partial charge in [-0.05, 0) is 37.0 Å². The number of aryl methyl sites for hydroxylation is 1. The van der Waals surface area contributed by atoms with Gasteiger partial charge in [0.1, 0.15) is 5.82 Å². The van der Waals surface area contributed by atoms with Crippen molar-refractivity contribution < 1.29 is 4.74 Å². The third kappa shape index (κ3) is 2.95. The minimum absolute atomic E-state index is 0.588. The number of hydrogen-bond acceptors (Lipinski definition) is 2. The fraction of sp³-hybridized carbons (Fsp3) is 0.533. The van der Waals surface area contributed by atoms with Crippen LogP contribution in [0.15, 0.2) is 18.2 Å². The average Bonchev–Trinajstić information content (AvgIpc) is 2.78. The molecule has 2 aromatic rings. The standard InChI is InChI=1S/C15H18Cl2N2O/c16-6-3-15-18-13-2-1-12(17)9-14(13)19(15)10-11-4-7-20-8-5-11/h1-2,9,11H,3-8,10H2. The van der Waals surface area contributed by atoms with Crippen molar-refractivity contribution in [3.8, 4) is 0 Å². The second kappa shape index (κ2) is 6.33. The van der Waals surface area contributed by atoms with E-state index in [1.54, 1.807) is 0 Å². The Morgan fingerprint density at radius 2 is 2.10 bits per heavy atom. The molecule has 108 valence electrons. The summed E-state index contributed by atoms with van der Waals surface area (Å²) in [7, 11) is 0. The minimum Gasteiger partial charge on any atom is -0.381 e. The maximum absolute atomic E-state index is 6.13. The van der Waals surface area contributed by atoms with E-state index in [-0.39, 0.29) is 0 Å². The molecule has 0 saturated carbocycles. The zero-order chi connectivity index (χ0) is 13.9. The van der Waals surface area contributed by atoms with Gasteiger partial charge in [0.15, 0.2) is 0 Å². The zero-order valence-corrected chi connectivity index (χ0v) is 12.8. The summed E-state index contributed by atoms with van der Waals surface area (Å²) in [5.74, 6) is 2.29. The Balaban J connectivity index is 1.96. The van der Waals surface area contributed by atoms with Gasteiger partial charge in [0.2, 0.25) is 0 Å². The summed E-state index contributed by atoms with van der Waals surface area (Å²) >= 11 is 12.0. The largest absolute Gasteiger partial charge is 0.381 e. The molecule has 1 saturated heterocycles. The molecular formula is C15H18Cl2N2O. The third-order valence-corrected chi connectivity index (χ3v) is 4.31. The summed E-state index contributed by atoms with van der Waals surface area (Å²) in [6.45, 7) is 2.71. The van der Waals surface area contributed by atoms with Gasteiger partial charge < -0.3 is 9.30 Å². The predicted octanol–water partition coefficient (Wildman–Crippen LogP) is 3.90. The van der Waals surface area contributed by atoms with Gasteiger partial charge >= 0.3 is 0 Å². The van der Waals surface area contributed by atoms with E-state index < -0.39 is 0 Å². The number of ether oxygens (including phenoxy) is 1.